The number of anilines is 1. The zero-order chi connectivity index (χ0) is 14.6. The van der Waals surface area contributed by atoms with Crippen LogP contribution in [0.1, 0.15) is 20.3 Å². The predicted molar refractivity (Wildman–Crippen MR) is 86.9 cm³/mol. The molecule has 0 aliphatic carbocycles. The molecule has 0 amide bonds. The summed E-state index contributed by atoms with van der Waals surface area (Å²) in [6, 6.07) is 10.7. The lowest BCUT2D eigenvalue weighted by Gasteiger charge is -2.45. The topological polar surface area (TPSA) is 24.4 Å². The molecule has 3 nitrogen and oxygen atoms in total. The smallest absolute Gasteiger partial charge is 0.0971 e. The first-order valence-electron chi connectivity index (χ1n) is 7.38. The van der Waals surface area contributed by atoms with Gasteiger partial charge in [-0.3, -0.25) is 5.43 Å². The quantitative estimate of drug-likeness (QED) is 0.506. The van der Waals surface area contributed by atoms with E-state index in [1.165, 1.54) is 5.71 Å². The highest BCUT2D eigenvalue weighted by molar-refractivity contribution is 5.88. The number of likely N-dealkylation sites (tertiary alicyclic amines) is 1. The number of hydrogen-bond acceptors (Lipinski definition) is 2. The van der Waals surface area contributed by atoms with Gasteiger partial charge in [0.05, 0.1) is 37.6 Å². The van der Waals surface area contributed by atoms with Gasteiger partial charge in [0.1, 0.15) is 0 Å². The highest BCUT2D eigenvalue weighted by Crippen LogP contribution is 2.26. The maximum Gasteiger partial charge on any atom is 0.0971 e. The van der Waals surface area contributed by atoms with Crippen LogP contribution in [0.3, 0.4) is 0 Å². The molecule has 1 N–H and O–H groups in total. The Balaban J connectivity index is 2.06. The fraction of sp³-hybridized carbons (Fsp3) is 0.471. The van der Waals surface area contributed by atoms with E-state index in [1.807, 2.05) is 36.4 Å². The van der Waals surface area contributed by atoms with E-state index < -0.39 is 0 Å². The van der Waals surface area contributed by atoms with Gasteiger partial charge in [0, 0.05) is 12.3 Å². The van der Waals surface area contributed by atoms with Gasteiger partial charge in [0.25, 0.3) is 0 Å². The van der Waals surface area contributed by atoms with Crippen LogP contribution in [0.25, 0.3) is 0 Å². The minimum Gasteiger partial charge on any atom is -0.320 e. The Morgan fingerprint density at radius 3 is 2.70 bits per heavy atom. The van der Waals surface area contributed by atoms with Gasteiger partial charge >= 0.3 is 0 Å². The third kappa shape index (κ3) is 3.28. The molecule has 0 saturated carbocycles. The lowest BCUT2D eigenvalue weighted by molar-refractivity contribution is -0.930. The Morgan fingerprint density at radius 1 is 1.35 bits per heavy atom. The van der Waals surface area contributed by atoms with Crippen LogP contribution >= 0.6 is 0 Å². The molecular formula is C17H26N3+. The van der Waals surface area contributed by atoms with Crippen LogP contribution < -0.4 is 5.43 Å². The third-order valence-electron chi connectivity index (χ3n) is 4.48. The normalized spacial score (nSPS) is 32.0. The van der Waals surface area contributed by atoms with Crippen molar-refractivity contribution in [2.75, 3.05) is 25.6 Å². The maximum atomic E-state index is 4.64. The molecule has 1 unspecified atom stereocenters. The zero-order valence-corrected chi connectivity index (χ0v) is 12.8. The summed E-state index contributed by atoms with van der Waals surface area (Å²) in [6.45, 7) is 10.6. The highest BCUT2D eigenvalue weighted by atomic mass is 15.4. The van der Waals surface area contributed by atoms with Gasteiger partial charge in [-0.1, -0.05) is 31.7 Å². The van der Waals surface area contributed by atoms with Crippen molar-refractivity contribution in [3.8, 4) is 0 Å². The second-order valence-electron chi connectivity index (χ2n) is 6.17. The van der Waals surface area contributed by atoms with Gasteiger partial charge < -0.3 is 4.48 Å². The maximum absolute atomic E-state index is 4.64. The molecule has 1 aromatic carbocycles. The number of likely N-dealkylation sites (N-methyl/N-ethyl adjacent to an activating group) is 1. The van der Waals surface area contributed by atoms with Crippen molar-refractivity contribution in [3.05, 3.63) is 43.0 Å². The van der Waals surface area contributed by atoms with Crippen LogP contribution in [0.4, 0.5) is 5.69 Å². The number of hydrazone groups is 1. The molecule has 2 rings (SSSR count). The Hall–Kier alpha value is -1.61. The average Bonchev–Trinajstić information content (AvgIpc) is 2.43. The molecule has 3 atom stereocenters. The molecule has 0 bridgehead atoms. The van der Waals surface area contributed by atoms with Crippen molar-refractivity contribution >= 4 is 11.4 Å². The van der Waals surface area contributed by atoms with Gasteiger partial charge in [-0.15, -0.1) is 0 Å². The molecule has 108 valence electrons. The number of nitrogens with one attached hydrogen (secondary N) is 1. The largest absolute Gasteiger partial charge is 0.320 e. The molecule has 1 aliphatic rings. The van der Waals surface area contributed by atoms with Crippen LogP contribution in [0.2, 0.25) is 0 Å². The Labute approximate surface area is 122 Å². The summed E-state index contributed by atoms with van der Waals surface area (Å²) >= 11 is 0. The monoisotopic (exact) mass is 272 g/mol. The SMILES string of the molecule is C=CC[N+]1(C)C[C@H](C)/C(=N/Nc2ccccc2)C[C@@H]1C. The predicted octanol–water partition coefficient (Wildman–Crippen LogP) is 3.52. The van der Waals surface area contributed by atoms with Gasteiger partial charge in [-0.25, -0.2) is 0 Å². The van der Waals surface area contributed by atoms with Gasteiger partial charge in [-0.2, -0.15) is 5.10 Å². The molecule has 0 radical (unpaired) electrons. The molecular weight excluding hydrogens is 246 g/mol. The van der Waals surface area contributed by atoms with Crippen LogP contribution in [0, 0.1) is 5.92 Å². The third-order valence-corrected chi connectivity index (χ3v) is 4.48. The van der Waals surface area contributed by atoms with Crippen molar-refractivity contribution in [1.29, 1.82) is 0 Å². The summed E-state index contributed by atoms with van der Waals surface area (Å²) in [4.78, 5) is 0. The number of benzene rings is 1. The van der Waals surface area contributed by atoms with Crippen LogP contribution in [0.5, 0.6) is 0 Å². The van der Waals surface area contributed by atoms with Crippen LogP contribution in [-0.2, 0) is 0 Å². The molecule has 20 heavy (non-hydrogen) atoms. The van der Waals surface area contributed by atoms with E-state index in [0.717, 1.165) is 29.7 Å². The van der Waals surface area contributed by atoms with E-state index in [-0.39, 0.29) is 0 Å². The van der Waals surface area contributed by atoms with Crippen molar-refractivity contribution in [2.24, 2.45) is 11.0 Å². The molecule has 1 fully saturated rings. The van der Waals surface area contributed by atoms with E-state index in [2.05, 4.69) is 38.0 Å². The molecule has 0 aromatic heterocycles. The lowest BCUT2D eigenvalue weighted by atomic mass is 9.90. The first-order valence-corrected chi connectivity index (χ1v) is 7.38. The van der Waals surface area contributed by atoms with E-state index in [4.69, 9.17) is 0 Å². The number of para-hydroxylation sites is 1. The lowest BCUT2D eigenvalue weighted by Crippen LogP contribution is -2.58. The second kappa shape index (κ2) is 6.23. The van der Waals surface area contributed by atoms with E-state index in [9.17, 15) is 0 Å². The van der Waals surface area contributed by atoms with Crippen molar-refractivity contribution in [3.63, 3.8) is 0 Å². The summed E-state index contributed by atoms with van der Waals surface area (Å²) in [5.74, 6) is 0.507. The minimum absolute atomic E-state index is 0.507. The van der Waals surface area contributed by atoms with Gasteiger partial charge in [0.15, 0.2) is 0 Å². The number of hydrogen-bond donors (Lipinski definition) is 1. The summed E-state index contributed by atoms with van der Waals surface area (Å²) in [5, 5.41) is 4.64. The van der Waals surface area contributed by atoms with Crippen molar-refractivity contribution in [1.82, 2.24) is 0 Å². The summed E-state index contributed by atoms with van der Waals surface area (Å²) < 4.78 is 1.06. The Morgan fingerprint density at radius 2 is 2.05 bits per heavy atom. The highest BCUT2D eigenvalue weighted by Gasteiger charge is 2.38. The number of nitrogens with zero attached hydrogens (tertiary/aromatic N) is 2. The molecule has 0 spiro atoms. The van der Waals surface area contributed by atoms with Gasteiger partial charge in [0.2, 0.25) is 0 Å². The molecule has 1 saturated heterocycles. The molecule has 1 aromatic rings. The minimum atomic E-state index is 0.507. The van der Waals surface area contributed by atoms with Crippen molar-refractivity contribution < 1.29 is 4.48 Å². The molecule has 1 aliphatic heterocycles. The fourth-order valence-corrected chi connectivity index (χ4v) is 2.99. The summed E-state index contributed by atoms with van der Waals surface area (Å²) in [6.07, 6.45) is 3.08. The standard InChI is InChI=1S/C17H26N3/c1-5-11-20(4)13-14(2)17(12-15(20)3)19-18-16-9-7-6-8-10-16/h5-10,14-15,18H,1,11-13H2,2-4H3/q+1/b19-17+/t14-,15-,20?/m0/s1. The molecule has 1 heterocycles. The van der Waals surface area contributed by atoms with E-state index in [0.29, 0.717) is 12.0 Å². The average molecular weight is 272 g/mol. The van der Waals surface area contributed by atoms with E-state index >= 15 is 0 Å². The summed E-state index contributed by atoms with van der Waals surface area (Å²) in [7, 11) is 2.32. The number of rotatable bonds is 4. The molecule has 3 heteroatoms. The number of piperidine rings is 1. The van der Waals surface area contributed by atoms with E-state index in [1.54, 1.807) is 0 Å². The van der Waals surface area contributed by atoms with Crippen molar-refractivity contribution in [2.45, 2.75) is 26.3 Å². The zero-order valence-electron chi connectivity index (χ0n) is 12.8. The first-order chi connectivity index (χ1) is 9.55. The van der Waals surface area contributed by atoms with Crippen LogP contribution in [0.15, 0.2) is 48.1 Å². The Bertz CT molecular complexity index is 480. The fourth-order valence-electron chi connectivity index (χ4n) is 2.99. The van der Waals surface area contributed by atoms with Crippen LogP contribution in [-0.4, -0.2) is 36.4 Å². The summed E-state index contributed by atoms with van der Waals surface area (Å²) in [5.41, 5.74) is 5.51. The number of quaternary nitrogens is 1. The Kier molecular flexibility index (Phi) is 4.61. The van der Waals surface area contributed by atoms with Gasteiger partial charge in [-0.05, 0) is 25.1 Å². The first kappa shape index (κ1) is 14.8. The second-order valence-corrected chi connectivity index (χ2v) is 6.17.